The topological polar surface area (TPSA) is 3.24 Å². The summed E-state index contributed by atoms with van der Waals surface area (Å²) in [5.74, 6) is 0.441. The van der Waals surface area contributed by atoms with Crippen molar-refractivity contribution >= 4 is 43.7 Å². The zero-order chi connectivity index (χ0) is 37.6. The van der Waals surface area contributed by atoms with Crippen LogP contribution in [0.1, 0.15) is 51.5 Å². The molecular formula is C55H45N. The summed E-state index contributed by atoms with van der Waals surface area (Å²) in [4.78, 5) is 2.70. The van der Waals surface area contributed by atoms with Gasteiger partial charge in [0.05, 0.1) is 5.54 Å². The quantitative estimate of drug-likeness (QED) is 0.160. The molecule has 56 heavy (non-hydrogen) atoms. The smallest absolute Gasteiger partial charge is 0.0543 e. The normalized spacial score (nSPS) is 18.8. The molecule has 0 radical (unpaired) electrons. The maximum Gasteiger partial charge on any atom is 0.0543 e. The summed E-state index contributed by atoms with van der Waals surface area (Å²) < 4.78 is 0. The lowest BCUT2D eigenvalue weighted by Crippen LogP contribution is -2.56. The third kappa shape index (κ3) is 4.73. The molecule has 270 valence electrons. The number of rotatable bonds is 5. The molecule has 9 aromatic carbocycles. The molecular weight excluding hydrogens is 675 g/mol. The van der Waals surface area contributed by atoms with E-state index in [1.165, 1.54) is 113 Å². The van der Waals surface area contributed by atoms with Crippen LogP contribution in [0.5, 0.6) is 0 Å². The van der Waals surface area contributed by atoms with E-state index in [2.05, 4.69) is 202 Å². The van der Waals surface area contributed by atoms with E-state index in [1.807, 2.05) is 0 Å². The zero-order valence-corrected chi connectivity index (χ0v) is 32.4. The number of nitrogens with zero attached hydrogens (tertiary/aromatic N) is 1. The molecule has 9 aromatic rings. The van der Waals surface area contributed by atoms with Crippen LogP contribution in [-0.4, -0.2) is 5.54 Å². The highest BCUT2D eigenvalue weighted by Gasteiger charge is 2.58. The van der Waals surface area contributed by atoms with Crippen LogP contribution < -0.4 is 4.90 Å². The first-order chi connectivity index (χ1) is 27.4. The maximum absolute atomic E-state index is 2.70. The van der Waals surface area contributed by atoms with Crippen molar-refractivity contribution in [3.05, 3.63) is 181 Å². The summed E-state index contributed by atoms with van der Waals surface area (Å²) in [5.41, 5.74) is 14.4. The lowest BCUT2D eigenvalue weighted by Gasteiger charge is -2.55. The lowest BCUT2D eigenvalue weighted by atomic mass is 9.58. The molecule has 1 heteroatoms. The summed E-state index contributed by atoms with van der Waals surface area (Å²) >= 11 is 0. The molecule has 0 amide bonds. The molecule has 1 aliphatic heterocycles. The predicted octanol–water partition coefficient (Wildman–Crippen LogP) is 15.5. The second-order valence-corrected chi connectivity index (χ2v) is 17.0. The average molecular weight is 720 g/mol. The van der Waals surface area contributed by atoms with Gasteiger partial charge in [0.2, 0.25) is 0 Å². The van der Waals surface area contributed by atoms with E-state index in [1.54, 1.807) is 0 Å². The minimum absolute atomic E-state index is 0.0346. The summed E-state index contributed by atoms with van der Waals surface area (Å²) in [6, 6.07) is 66.0. The Morgan fingerprint density at radius 3 is 1.34 bits per heavy atom. The van der Waals surface area contributed by atoms with Crippen molar-refractivity contribution < 1.29 is 0 Å². The first kappa shape index (κ1) is 33.2. The van der Waals surface area contributed by atoms with Gasteiger partial charge in [-0.15, -0.1) is 0 Å². The molecule has 1 nitrogen and oxygen atoms in total. The third-order valence-corrected chi connectivity index (χ3v) is 13.9. The van der Waals surface area contributed by atoms with E-state index in [4.69, 9.17) is 0 Å². The second-order valence-electron chi connectivity index (χ2n) is 17.0. The van der Waals surface area contributed by atoms with Crippen LogP contribution in [-0.2, 0) is 0 Å². The molecule has 1 fully saturated rings. The number of para-hydroxylation sites is 1. The standard InChI is InChI=1S/C55H45N/c1-54(2)32-16-25-50-49-33-39(26-31-51(49)56(55(50,54)3)40-23-14-7-15-24-40)48-35-47(38-21-12-6-13-22-38)43-28-27-41-45(36-17-8-4-9-18-36)34-46(37-19-10-5-11-20-37)42-29-30-44(48)53(43)52(41)42/h4-15,17-24,26-31,33-35,50H,16,25,32H2,1-3H3. The van der Waals surface area contributed by atoms with Crippen LogP contribution >= 0.6 is 0 Å². The van der Waals surface area contributed by atoms with E-state index in [0.717, 1.165) is 0 Å². The zero-order valence-electron chi connectivity index (χ0n) is 32.4. The SMILES string of the molecule is CC1(C)CCCC2c3cc(-c4cc(-c5ccccc5)c5ccc6c(-c7ccccc7)cc(-c7ccccc7)c7ccc4c5c67)ccc3N(c3ccccc3)C21C. The first-order valence-electron chi connectivity index (χ1n) is 20.4. The molecule has 1 heterocycles. The van der Waals surface area contributed by atoms with Crippen LogP contribution in [0.25, 0.3) is 76.8 Å². The highest BCUT2D eigenvalue weighted by atomic mass is 15.3. The van der Waals surface area contributed by atoms with Gasteiger partial charge >= 0.3 is 0 Å². The van der Waals surface area contributed by atoms with Gasteiger partial charge in [0.1, 0.15) is 0 Å². The van der Waals surface area contributed by atoms with E-state index >= 15 is 0 Å². The van der Waals surface area contributed by atoms with Gasteiger partial charge < -0.3 is 4.90 Å². The second kappa shape index (κ2) is 12.4. The highest BCUT2D eigenvalue weighted by Crippen LogP contribution is 2.64. The van der Waals surface area contributed by atoms with Crippen LogP contribution in [0.2, 0.25) is 0 Å². The van der Waals surface area contributed by atoms with Crippen LogP contribution in [0.3, 0.4) is 0 Å². The van der Waals surface area contributed by atoms with Gasteiger partial charge in [-0.05, 0) is 144 Å². The van der Waals surface area contributed by atoms with Gasteiger partial charge in [-0.2, -0.15) is 0 Å². The molecule has 0 aromatic heterocycles. The Morgan fingerprint density at radius 2 is 0.875 bits per heavy atom. The van der Waals surface area contributed by atoms with Crippen LogP contribution in [0, 0.1) is 5.41 Å². The number of hydrogen-bond acceptors (Lipinski definition) is 1. The van der Waals surface area contributed by atoms with Crippen molar-refractivity contribution in [3.63, 3.8) is 0 Å². The molecule has 1 saturated carbocycles. The van der Waals surface area contributed by atoms with Crippen LogP contribution in [0.4, 0.5) is 11.4 Å². The van der Waals surface area contributed by atoms with Gasteiger partial charge in [-0.1, -0.05) is 160 Å². The largest absolute Gasteiger partial charge is 0.334 e. The Morgan fingerprint density at radius 1 is 0.446 bits per heavy atom. The van der Waals surface area contributed by atoms with Crippen LogP contribution in [0.15, 0.2) is 176 Å². The van der Waals surface area contributed by atoms with Gasteiger partial charge in [-0.25, -0.2) is 0 Å². The Labute approximate surface area is 330 Å². The van der Waals surface area contributed by atoms with Crippen molar-refractivity contribution in [2.24, 2.45) is 5.41 Å². The molecule has 2 aliphatic rings. The van der Waals surface area contributed by atoms with E-state index in [0.29, 0.717) is 5.92 Å². The van der Waals surface area contributed by atoms with Crippen molar-refractivity contribution in [1.82, 2.24) is 0 Å². The fourth-order valence-corrected chi connectivity index (χ4v) is 10.9. The lowest BCUT2D eigenvalue weighted by molar-refractivity contribution is 0.101. The van der Waals surface area contributed by atoms with Crippen molar-refractivity contribution in [3.8, 4) is 44.5 Å². The fourth-order valence-electron chi connectivity index (χ4n) is 10.9. The Bertz CT molecular complexity index is 2850. The van der Waals surface area contributed by atoms with Gasteiger partial charge in [0.15, 0.2) is 0 Å². The molecule has 0 bridgehead atoms. The minimum atomic E-state index is -0.0346. The summed E-state index contributed by atoms with van der Waals surface area (Å²) in [7, 11) is 0. The Balaban J connectivity index is 1.23. The number of benzene rings is 9. The maximum atomic E-state index is 2.70. The van der Waals surface area contributed by atoms with Crippen molar-refractivity contribution in [1.29, 1.82) is 0 Å². The highest BCUT2D eigenvalue weighted by molar-refractivity contribution is 6.32. The summed E-state index contributed by atoms with van der Waals surface area (Å²) in [6.45, 7) is 7.55. The predicted molar refractivity (Wildman–Crippen MR) is 239 cm³/mol. The van der Waals surface area contributed by atoms with E-state index < -0.39 is 0 Å². The molecule has 0 saturated heterocycles. The summed E-state index contributed by atoms with van der Waals surface area (Å²) in [5, 5.41) is 7.90. The van der Waals surface area contributed by atoms with E-state index in [9.17, 15) is 0 Å². The first-order valence-corrected chi connectivity index (χ1v) is 20.4. The third-order valence-electron chi connectivity index (χ3n) is 13.9. The summed E-state index contributed by atoms with van der Waals surface area (Å²) in [6.07, 6.45) is 3.69. The number of anilines is 2. The number of hydrogen-bond donors (Lipinski definition) is 0. The molecule has 1 aliphatic carbocycles. The van der Waals surface area contributed by atoms with Gasteiger partial charge in [0, 0.05) is 17.3 Å². The molecule has 2 unspecified atom stereocenters. The minimum Gasteiger partial charge on any atom is -0.334 e. The molecule has 0 N–H and O–H groups in total. The average Bonchev–Trinajstić information content (AvgIpc) is 3.52. The monoisotopic (exact) mass is 719 g/mol. The molecule has 2 atom stereocenters. The fraction of sp³-hybridized carbons (Fsp3) is 0.164. The Kier molecular flexibility index (Phi) is 7.36. The molecule has 0 spiro atoms. The molecule has 11 rings (SSSR count). The van der Waals surface area contributed by atoms with Crippen molar-refractivity contribution in [2.75, 3.05) is 4.90 Å². The number of fused-ring (bicyclic) bond motifs is 3. The Hall–Kier alpha value is -6.18. The van der Waals surface area contributed by atoms with Crippen molar-refractivity contribution in [2.45, 2.75) is 51.5 Å². The van der Waals surface area contributed by atoms with Gasteiger partial charge in [0.25, 0.3) is 0 Å². The van der Waals surface area contributed by atoms with Gasteiger partial charge in [-0.3, -0.25) is 0 Å². The van der Waals surface area contributed by atoms with E-state index in [-0.39, 0.29) is 11.0 Å².